The van der Waals surface area contributed by atoms with E-state index in [1.165, 1.54) is 0 Å². The Bertz CT molecular complexity index is 235. The number of ketones is 1. The highest BCUT2D eigenvalue weighted by molar-refractivity contribution is 8.03. The average Bonchev–Trinajstić information content (AvgIpc) is 1.62. The van der Waals surface area contributed by atoms with Gasteiger partial charge >= 0.3 is 15.2 Å². The number of hydrogen-bond donors (Lipinski definition) is 1. The van der Waals surface area contributed by atoms with Crippen molar-refractivity contribution in [3.8, 4) is 0 Å². The number of carbonyl (C=O) groups is 2. The van der Waals surface area contributed by atoms with Gasteiger partial charge in [-0.05, 0) is 0 Å². The number of hydrogen-bond acceptors (Lipinski definition) is 4. The first kappa shape index (κ1) is 8.25. The number of carbonyl (C=O) groups excluding carboxylic acids is 2. The van der Waals surface area contributed by atoms with Gasteiger partial charge in [-0.1, -0.05) is 0 Å². The molecule has 0 unspecified atom stereocenters. The van der Waals surface area contributed by atoms with Crippen LogP contribution in [0.15, 0.2) is 0 Å². The van der Waals surface area contributed by atoms with Gasteiger partial charge in [0.1, 0.15) is 0 Å². The van der Waals surface area contributed by atoms with Gasteiger partial charge in [-0.25, -0.2) is 0 Å². The van der Waals surface area contributed by atoms with Crippen LogP contribution in [-0.2, 0) is 19.7 Å². The molecule has 0 aliphatic heterocycles. The summed E-state index contributed by atoms with van der Waals surface area (Å²) < 4.78 is 27.4. The predicted molar refractivity (Wildman–Crippen MR) is 27.2 cm³/mol. The molecule has 0 heterocycles. The van der Waals surface area contributed by atoms with Crippen LogP contribution in [0.2, 0.25) is 0 Å². The monoisotopic (exact) mass is 152 g/mol. The van der Waals surface area contributed by atoms with Crippen molar-refractivity contribution in [2.24, 2.45) is 0 Å². The second kappa shape index (κ2) is 2.24. The van der Waals surface area contributed by atoms with E-state index in [9.17, 15) is 18.0 Å². The van der Waals surface area contributed by atoms with Crippen LogP contribution < -0.4 is 0 Å². The van der Waals surface area contributed by atoms with Crippen molar-refractivity contribution in [3.63, 3.8) is 0 Å². The van der Waals surface area contributed by atoms with Crippen molar-refractivity contribution in [2.75, 3.05) is 0 Å². The Labute approximate surface area is 51.4 Å². The fourth-order valence-corrected chi connectivity index (χ4v) is 0.545. The van der Waals surface area contributed by atoms with E-state index in [2.05, 4.69) is 0 Å². The Hall–Kier alpha value is -0.750. The molecule has 0 aromatic carbocycles. The van der Waals surface area contributed by atoms with E-state index in [0.717, 1.165) is 6.92 Å². The second-order valence-electron chi connectivity index (χ2n) is 1.32. The highest BCUT2D eigenvalue weighted by Crippen LogP contribution is 1.85. The first-order valence-corrected chi connectivity index (χ1v) is 3.32. The Balaban J connectivity index is 4.66. The maximum absolute atomic E-state index is 9.98. The van der Waals surface area contributed by atoms with E-state index in [1.54, 1.807) is 0 Å². The fraction of sp³-hybridized carbons (Fsp3) is 0.333. The lowest BCUT2D eigenvalue weighted by atomic mass is 10.5. The normalized spacial score (nSPS) is 10.9. The Morgan fingerprint density at radius 3 is 1.67 bits per heavy atom. The van der Waals surface area contributed by atoms with Gasteiger partial charge in [-0.3, -0.25) is 14.1 Å². The minimum atomic E-state index is -4.79. The summed E-state index contributed by atoms with van der Waals surface area (Å²) in [6.45, 7) is 0.760. The molecule has 0 bridgehead atoms. The van der Waals surface area contributed by atoms with Gasteiger partial charge in [0.25, 0.3) is 0 Å². The maximum atomic E-state index is 9.98. The third-order valence-electron chi connectivity index (χ3n) is 0.522. The van der Waals surface area contributed by atoms with Crippen molar-refractivity contribution in [2.45, 2.75) is 6.92 Å². The molecule has 9 heavy (non-hydrogen) atoms. The molecule has 0 saturated carbocycles. The molecule has 0 aromatic rings. The fourth-order valence-electron chi connectivity index (χ4n) is 0.182. The van der Waals surface area contributed by atoms with E-state index in [4.69, 9.17) is 4.55 Å². The summed E-state index contributed by atoms with van der Waals surface area (Å²) in [7, 11) is -4.79. The smallest absolute Gasteiger partial charge is 0.290 e. The third-order valence-corrected chi connectivity index (χ3v) is 1.28. The molecular weight excluding hydrogens is 148 g/mol. The topological polar surface area (TPSA) is 88.5 Å². The van der Waals surface area contributed by atoms with Gasteiger partial charge < -0.3 is 0 Å². The van der Waals surface area contributed by atoms with Gasteiger partial charge in [-0.15, -0.1) is 0 Å². The number of Topliss-reactive ketones (excluding diaryl/α,β-unsaturated/α-hetero) is 1. The average molecular weight is 152 g/mol. The summed E-state index contributed by atoms with van der Waals surface area (Å²) in [6, 6.07) is 0. The lowest BCUT2D eigenvalue weighted by Crippen LogP contribution is -2.20. The summed E-state index contributed by atoms with van der Waals surface area (Å²) in [5, 5.41) is -1.78. The lowest BCUT2D eigenvalue weighted by Gasteiger charge is -1.85. The lowest BCUT2D eigenvalue weighted by molar-refractivity contribution is -0.130. The molecule has 0 radical (unpaired) electrons. The molecule has 5 nitrogen and oxygen atoms in total. The molecule has 0 aromatic heterocycles. The van der Waals surface area contributed by atoms with Crippen molar-refractivity contribution in [1.29, 1.82) is 0 Å². The maximum Gasteiger partial charge on any atom is 0.338 e. The van der Waals surface area contributed by atoms with Crippen molar-refractivity contribution >= 4 is 21.0 Å². The summed E-state index contributed by atoms with van der Waals surface area (Å²) in [5.41, 5.74) is 0. The van der Waals surface area contributed by atoms with Crippen LogP contribution in [0.5, 0.6) is 0 Å². The summed E-state index contributed by atoms with van der Waals surface area (Å²) in [5.74, 6) is -1.20. The molecule has 0 aliphatic carbocycles. The molecule has 0 spiro atoms. The van der Waals surface area contributed by atoms with E-state index in [0.29, 0.717) is 0 Å². The predicted octanol–water partition coefficient (Wildman–Crippen LogP) is -1.01. The first-order valence-electron chi connectivity index (χ1n) is 1.88. The SMILES string of the molecule is CC(=O)C(=O)S(=O)(=O)O. The van der Waals surface area contributed by atoms with Crippen LogP contribution in [0, 0.1) is 0 Å². The first-order chi connectivity index (χ1) is 3.85. The van der Waals surface area contributed by atoms with Crippen molar-refractivity contribution in [1.82, 2.24) is 0 Å². The van der Waals surface area contributed by atoms with Crippen LogP contribution in [0.4, 0.5) is 0 Å². The third kappa shape index (κ3) is 2.34. The molecule has 0 aliphatic rings. The van der Waals surface area contributed by atoms with Crippen LogP contribution in [0.1, 0.15) is 6.92 Å². The molecule has 0 atom stereocenters. The Morgan fingerprint density at radius 2 is 1.67 bits per heavy atom. The molecule has 52 valence electrons. The molecule has 6 heteroatoms. The zero-order valence-corrected chi connectivity index (χ0v) is 5.30. The Kier molecular flexibility index (Phi) is 2.05. The van der Waals surface area contributed by atoms with Crippen LogP contribution in [0.25, 0.3) is 0 Å². The highest BCUT2D eigenvalue weighted by atomic mass is 32.2. The minimum absolute atomic E-state index is 0.760. The van der Waals surface area contributed by atoms with E-state index in [1.807, 2.05) is 0 Å². The van der Waals surface area contributed by atoms with Gasteiger partial charge in [0.2, 0.25) is 5.78 Å². The minimum Gasteiger partial charge on any atom is -0.290 e. The summed E-state index contributed by atoms with van der Waals surface area (Å²) >= 11 is 0. The molecule has 0 amide bonds. The zero-order valence-electron chi connectivity index (χ0n) is 4.49. The molecule has 0 saturated heterocycles. The van der Waals surface area contributed by atoms with Crippen molar-refractivity contribution < 1.29 is 22.6 Å². The van der Waals surface area contributed by atoms with Crippen LogP contribution in [-0.4, -0.2) is 23.9 Å². The molecule has 0 fully saturated rings. The van der Waals surface area contributed by atoms with E-state index in [-0.39, 0.29) is 0 Å². The van der Waals surface area contributed by atoms with Crippen LogP contribution >= 0.6 is 0 Å². The summed E-state index contributed by atoms with van der Waals surface area (Å²) in [4.78, 5) is 19.9. The van der Waals surface area contributed by atoms with Gasteiger partial charge in [-0.2, -0.15) is 8.42 Å². The largest absolute Gasteiger partial charge is 0.338 e. The molecule has 0 rings (SSSR count). The molecular formula is C3H4O5S. The highest BCUT2D eigenvalue weighted by Gasteiger charge is 2.22. The van der Waals surface area contributed by atoms with Gasteiger partial charge in [0.05, 0.1) is 0 Å². The van der Waals surface area contributed by atoms with E-state index < -0.39 is 21.0 Å². The number of rotatable bonds is 1. The zero-order chi connectivity index (χ0) is 7.65. The second-order valence-corrected chi connectivity index (χ2v) is 2.64. The van der Waals surface area contributed by atoms with Gasteiger partial charge in [0.15, 0.2) is 0 Å². The van der Waals surface area contributed by atoms with Gasteiger partial charge in [0, 0.05) is 6.92 Å². The quantitative estimate of drug-likeness (QED) is 0.384. The molecule has 1 N–H and O–H groups in total. The standard InChI is InChI=1S/C3H4O5S/c1-2(4)3(5)9(6,7)8/h1H3,(H,6,7,8). The van der Waals surface area contributed by atoms with Crippen molar-refractivity contribution in [3.05, 3.63) is 0 Å². The van der Waals surface area contributed by atoms with E-state index >= 15 is 0 Å². The van der Waals surface area contributed by atoms with Crippen LogP contribution in [0.3, 0.4) is 0 Å². The Morgan fingerprint density at radius 1 is 1.33 bits per heavy atom. The summed E-state index contributed by atoms with van der Waals surface area (Å²) in [6.07, 6.45) is 0.